The van der Waals surface area contributed by atoms with Gasteiger partial charge in [-0.3, -0.25) is 0 Å². The first kappa shape index (κ1) is 13.0. The molecule has 0 saturated carbocycles. The lowest BCUT2D eigenvalue weighted by Gasteiger charge is -2.19. The quantitative estimate of drug-likeness (QED) is 0.924. The minimum Gasteiger partial charge on any atom is -0.305 e. The molecule has 1 N–H and O–H groups in total. The van der Waals surface area contributed by atoms with Gasteiger partial charge in [-0.1, -0.05) is 11.6 Å². The first-order valence-electron chi connectivity index (χ1n) is 5.74. The summed E-state index contributed by atoms with van der Waals surface area (Å²) in [5, 5.41) is 15.8. The fraction of sp³-hybridized carbons (Fsp3) is 0.417. The summed E-state index contributed by atoms with van der Waals surface area (Å²) in [7, 11) is 0. The molecule has 0 amide bonds. The van der Waals surface area contributed by atoms with Gasteiger partial charge in [0.1, 0.15) is 0 Å². The van der Waals surface area contributed by atoms with Crippen LogP contribution in [0.25, 0.3) is 5.69 Å². The molecule has 0 aliphatic carbocycles. The van der Waals surface area contributed by atoms with Crippen molar-refractivity contribution >= 4 is 11.6 Å². The average molecular weight is 266 g/mol. The van der Waals surface area contributed by atoms with Crippen LogP contribution in [0.1, 0.15) is 26.6 Å². The number of nitrogens with one attached hydrogen (secondary N) is 1. The Morgan fingerprint density at radius 2 is 1.89 bits per heavy atom. The Labute approximate surface area is 111 Å². The molecule has 1 aromatic carbocycles. The van der Waals surface area contributed by atoms with Crippen molar-refractivity contribution < 1.29 is 0 Å². The Balaban J connectivity index is 2.20. The lowest BCUT2D eigenvalue weighted by molar-refractivity contribution is 0.415. The number of nitrogens with zero attached hydrogens (tertiary/aromatic N) is 4. The van der Waals surface area contributed by atoms with E-state index in [0.717, 1.165) is 11.5 Å². The number of benzene rings is 1. The van der Waals surface area contributed by atoms with Gasteiger partial charge in [0, 0.05) is 10.6 Å². The lowest BCUT2D eigenvalue weighted by Crippen LogP contribution is -2.35. The molecular weight excluding hydrogens is 250 g/mol. The zero-order valence-electron chi connectivity index (χ0n) is 10.7. The third kappa shape index (κ3) is 3.27. The first-order chi connectivity index (χ1) is 8.46. The van der Waals surface area contributed by atoms with Gasteiger partial charge in [-0.05, 0) is 55.5 Å². The van der Waals surface area contributed by atoms with Crippen molar-refractivity contribution in [1.82, 2.24) is 25.5 Å². The zero-order valence-corrected chi connectivity index (χ0v) is 11.4. The molecule has 96 valence electrons. The van der Waals surface area contributed by atoms with Crippen molar-refractivity contribution in [2.24, 2.45) is 0 Å². The SMILES string of the molecule is CC(C)(C)NCc1nnnn1-c1ccc(Cl)cc1. The molecule has 0 bridgehead atoms. The highest BCUT2D eigenvalue weighted by Gasteiger charge is 2.13. The summed E-state index contributed by atoms with van der Waals surface area (Å²) in [5.41, 5.74) is 0.923. The van der Waals surface area contributed by atoms with Gasteiger partial charge in [-0.15, -0.1) is 5.10 Å². The van der Waals surface area contributed by atoms with Crippen LogP contribution >= 0.6 is 11.6 Å². The van der Waals surface area contributed by atoms with Crippen LogP contribution in [0.3, 0.4) is 0 Å². The van der Waals surface area contributed by atoms with Crippen molar-refractivity contribution in [2.45, 2.75) is 32.9 Å². The number of rotatable bonds is 3. The van der Waals surface area contributed by atoms with E-state index in [1.807, 2.05) is 24.3 Å². The highest BCUT2D eigenvalue weighted by Crippen LogP contribution is 2.13. The Morgan fingerprint density at radius 1 is 1.22 bits per heavy atom. The summed E-state index contributed by atoms with van der Waals surface area (Å²) >= 11 is 5.86. The molecular formula is C12H16ClN5. The minimum absolute atomic E-state index is 0.0246. The standard InChI is InChI=1S/C12H16ClN5/c1-12(2,3)14-8-11-15-16-17-18(11)10-6-4-9(13)5-7-10/h4-7,14H,8H2,1-3H3. The van der Waals surface area contributed by atoms with Gasteiger partial charge < -0.3 is 5.32 Å². The number of halogens is 1. The highest BCUT2D eigenvalue weighted by molar-refractivity contribution is 6.30. The van der Waals surface area contributed by atoms with Gasteiger partial charge >= 0.3 is 0 Å². The Kier molecular flexibility index (Phi) is 3.63. The van der Waals surface area contributed by atoms with Crippen molar-refractivity contribution in [3.8, 4) is 5.69 Å². The van der Waals surface area contributed by atoms with E-state index in [9.17, 15) is 0 Å². The number of hydrogen-bond acceptors (Lipinski definition) is 4. The van der Waals surface area contributed by atoms with E-state index >= 15 is 0 Å². The molecule has 0 aliphatic rings. The molecule has 0 fully saturated rings. The molecule has 6 heteroatoms. The van der Waals surface area contributed by atoms with Crippen LogP contribution in [0.4, 0.5) is 0 Å². The van der Waals surface area contributed by atoms with Gasteiger partial charge in [0.25, 0.3) is 0 Å². The maximum atomic E-state index is 5.86. The summed E-state index contributed by atoms with van der Waals surface area (Å²) in [6.07, 6.45) is 0. The number of hydrogen-bond donors (Lipinski definition) is 1. The number of aromatic nitrogens is 4. The zero-order chi connectivity index (χ0) is 13.2. The van der Waals surface area contributed by atoms with Crippen molar-refractivity contribution in [2.75, 3.05) is 0 Å². The molecule has 0 unspecified atom stereocenters. The molecule has 0 saturated heterocycles. The molecule has 2 rings (SSSR count). The molecule has 0 aliphatic heterocycles. The second-order valence-corrected chi connectivity index (χ2v) is 5.52. The normalized spacial score (nSPS) is 11.8. The van der Waals surface area contributed by atoms with Crippen LogP contribution in [-0.2, 0) is 6.54 Å². The molecule has 1 aromatic heterocycles. The van der Waals surface area contributed by atoms with Crippen LogP contribution in [-0.4, -0.2) is 25.7 Å². The van der Waals surface area contributed by atoms with E-state index < -0.39 is 0 Å². The topological polar surface area (TPSA) is 55.6 Å². The third-order valence-corrected chi connectivity index (χ3v) is 2.63. The summed E-state index contributed by atoms with van der Waals surface area (Å²) in [5.74, 6) is 0.771. The van der Waals surface area contributed by atoms with Crippen LogP contribution in [0, 0.1) is 0 Å². The molecule has 2 aromatic rings. The first-order valence-corrected chi connectivity index (χ1v) is 6.12. The summed E-state index contributed by atoms with van der Waals surface area (Å²) < 4.78 is 1.70. The van der Waals surface area contributed by atoms with E-state index in [2.05, 4.69) is 41.6 Å². The predicted octanol–water partition coefficient (Wildman–Crippen LogP) is 2.20. The lowest BCUT2D eigenvalue weighted by atomic mass is 10.1. The van der Waals surface area contributed by atoms with E-state index in [1.54, 1.807) is 4.68 Å². The van der Waals surface area contributed by atoms with Crippen LogP contribution in [0.5, 0.6) is 0 Å². The number of tetrazole rings is 1. The Hall–Kier alpha value is -1.46. The molecule has 0 radical (unpaired) electrons. The summed E-state index contributed by atoms with van der Waals surface area (Å²) in [6, 6.07) is 7.41. The maximum absolute atomic E-state index is 5.86. The fourth-order valence-electron chi connectivity index (χ4n) is 1.44. The Bertz CT molecular complexity index is 512. The van der Waals surface area contributed by atoms with Gasteiger partial charge in [-0.2, -0.15) is 4.68 Å². The minimum atomic E-state index is 0.0246. The van der Waals surface area contributed by atoms with E-state index in [-0.39, 0.29) is 5.54 Å². The largest absolute Gasteiger partial charge is 0.305 e. The van der Waals surface area contributed by atoms with Crippen molar-refractivity contribution in [1.29, 1.82) is 0 Å². The molecule has 1 heterocycles. The molecule has 18 heavy (non-hydrogen) atoms. The van der Waals surface area contributed by atoms with Crippen LogP contribution in [0.15, 0.2) is 24.3 Å². The van der Waals surface area contributed by atoms with Gasteiger partial charge in [0.15, 0.2) is 5.82 Å². The summed E-state index contributed by atoms with van der Waals surface area (Å²) in [6.45, 7) is 6.91. The van der Waals surface area contributed by atoms with Gasteiger partial charge in [-0.25, -0.2) is 0 Å². The Morgan fingerprint density at radius 3 is 2.50 bits per heavy atom. The fourth-order valence-corrected chi connectivity index (χ4v) is 1.57. The van der Waals surface area contributed by atoms with Crippen LogP contribution in [0.2, 0.25) is 5.02 Å². The monoisotopic (exact) mass is 265 g/mol. The second kappa shape index (κ2) is 5.04. The molecule has 0 spiro atoms. The predicted molar refractivity (Wildman–Crippen MR) is 70.8 cm³/mol. The second-order valence-electron chi connectivity index (χ2n) is 5.09. The van der Waals surface area contributed by atoms with Crippen molar-refractivity contribution in [3.63, 3.8) is 0 Å². The maximum Gasteiger partial charge on any atom is 0.170 e. The average Bonchev–Trinajstić information content (AvgIpc) is 2.75. The summed E-state index contributed by atoms with van der Waals surface area (Å²) in [4.78, 5) is 0. The molecule has 0 atom stereocenters. The highest BCUT2D eigenvalue weighted by atomic mass is 35.5. The van der Waals surface area contributed by atoms with Crippen LogP contribution < -0.4 is 5.32 Å². The molecule has 5 nitrogen and oxygen atoms in total. The van der Waals surface area contributed by atoms with E-state index in [1.165, 1.54) is 0 Å². The smallest absolute Gasteiger partial charge is 0.170 e. The van der Waals surface area contributed by atoms with Crippen molar-refractivity contribution in [3.05, 3.63) is 35.1 Å². The van der Waals surface area contributed by atoms with E-state index in [0.29, 0.717) is 11.6 Å². The van der Waals surface area contributed by atoms with E-state index in [4.69, 9.17) is 11.6 Å². The van der Waals surface area contributed by atoms with Gasteiger partial charge in [0.05, 0.1) is 12.2 Å². The third-order valence-electron chi connectivity index (χ3n) is 2.38. The van der Waals surface area contributed by atoms with Gasteiger partial charge in [0.2, 0.25) is 0 Å².